The van der Waals surface area contributed by atoms with Crippen LogP contribution in [0.4, 0.5) is 5.69 Å². The second kappa shape index (κ2) is 4.57. The van der Waals surface area contributed by atoms with Gasteiger partial charge < -0.3 is 14.4 Å². The van der Waals surface area contributed by atoms with Gasteiger partial charge in [0.05, 0.1) is 26.1 Å². The Morgan fingerprint density at radius 1 is 1.37 bits per heavy atom. The average Bonchev–Trinajstić information content (AvgIpc) is 2.60. The van der Waals surface area contributed by atoms with Gasteiger partial charge in [-0.25, -0.2) is 0 Å². The quantitative estimate of drug-likeness (QED) is 0.775. The van der Waals surface area contributed by atoms with E-state index in [4.69, 9.17) is 9.47 Å². The molecule has 2 rings (SSSR count). The van der Waals surface area contributed by atoms with Crippen LogP contribution in [-0.4, -0.2) is 33.1 Å². The lowest BCUT2D eigenvalue weighted by Gasteiger charge is -2.21. The number of hydrogen-bond donors (Lipinski definition) is 0. The topological polar surface area (TPSA) is 55.8 Å². The number of carbonyl (C=O) groups is 2. The van der Waals surface area contributed by atoms with Crippen LogP contribution in [0.25, 0.3) is 0 Å². The van der Waals surface area contributed by atoms with Crippen molar-refractivity contribution in [2.45, 2.75) is 18.8 Å². The molecule has 1 aromatic rings. The summed E-state index contributed by atoms with van der Waals surface area (Å²) in [5.41, 5.74) is 0.702. The van der Waals surface area contributed by atoms with Crippen LogP contribution in [-0.2, 0) is 19.7 Å². The molecular formula is C14H17NO4. The molecule has 0 fully saturated rings. The molecule has 1 aliphatic heterocycles. The number of nitrogens with zero attached hydrogens (tertiary/aromatic N) is 1. The normalized spacial score (nSPS) is 21.3. The van der Waals surface area contributed by atoms with E-state index in [1.165, 1.54) is 7.11 Å². The number of fused-ring (bicyclic) bond motifs is 1. The lowest BCUT2D eigenvalue weighted by molar-refractivity contribution is -0.144. The minimum absolute atomic E-state index is 0.0207. The lowest BCUT2D eigenvalue weighted by Crippen LogP contribution is -2.38. The van der Waals surface area contributed by atoms with Crippen LogP contribution in [0, 0.1) is 0 Å². The van der Waals surface area contributed by atoms with Crippen molar-refractivity contribution in [3.05, 3.63) is 23.8 Å². The molecule has 1 heterocycles. The number of ether oxygens (including phenoxy) is 2. The number of rotatable bonds is 3. The zero-order valence-corrected chi connectivity index (χ0v) is 11.5. The molecule has 0 aromatic heterocycles. The van der Waals surface area contributed by atoms with Gasteiger partial charge in [-0.2, -0.15) is 0 Å². The third kappa shape index (κ3) is 1.95. The summed E-state index contributed by atoms with van der Waals surface area (Å²) >= 11 is 0. The summed E-state index contributed by atoms with van der Waals surface area (Å²) in [4.78, 5) is 25.5. The van der Waals surface area contributed by atoms with Crippen LogP contribution < -0.4 is 9.64 Å². The van der Waals surface area contributed by atoms with Crippen molar-refractivity contribution in [1.82, 2.24) is 0 Å². The van der Waals surface area contributed by atoms with Crippen LogP contribution in [0.2, 0.25) is 0 Å². The SMILES string of the molecule is COC(=O)C[C@]1(C)C(=O)N(C)c2ccc(OC)cc21. The Labute approximate surface area is 112 Å². The van der Waals surface area contributed by atoms with E-state index in [0.29, 0.717) is 5.75 Å². The van der Waals surface area contributed by atoms with E-state index in [2.05, 4.69) is 0 Å². The number of likely N-dealkylation sites (N-methyl/N-ethyl adjacent to an activating group) is 1. The highest BCUT2D eigenvalue weighted by Crippen LogP contribution is 2.44. The molecule has 1 aromatic carbocycles. The van der Waals surface area contributed by atoms with E-state index < -0.39 is 11.4 Å². The average molecular weight is 263 g/mol. The Balaban J connectivity index is 2.52. The van der Waals surface area contributed by atoms with Crippen molar-refractivity contribution in [3.63, 3.8) is 0 Å². The van der Waals surface area contributed by atoms with E-state index in [1.807, 2.05) is 6.07 Å². The molecule has 0 saturated carbocycles. The van der Waals surface area contributed by atoms with Gasteiger partial charge in [-0.1, -0.05) is 0 Å². The molecule has 1 atom stereocenters. The maximum atomic E-state index is 12.4. The van der Waals surface area contributed by atoms with Crippen molar-refractivity contribution < 1.29 is 19.1 Å². The summed E-state index contributed by atoms with van der Waals surface area (Å²) in [5.74, 6) is 0.152. The molecule has 0 N–H and O–H groups in total. The van der Waals surface area contributed by atoms with Crippen molar-refractivity contribution in [2.75, 3.05) is 26.2 Å². The molecule has 102 valence electrons. The Bertz CT molecular complexity index is 540. The largest absolute Gasteiger partial charge is 0.497 e. The number of amides is 1. The zero-order chi connectivity index (χ0) is 14.2. The number of esters is 1. The van der Waals surface area contributed by atoms with Crippen molar-refractivity contribution >= 4 is 17.6 Å². The summed E-state index contributed by atoms with van der Waals surface area (Å²) in [6.07, 6.45) is 0.0207. The first kappa shape index (κ1) is 13.4. The molecule has 0 aliphatic carbocycles. The molecule has 19 heavy (non-hydrogen) atoms. The standard InChI is InChI=1S/C14H17NO4/c1-14(8-12(16)19-4)10-7-9(18-3)5-6-11(10)15(2)13(14)17/h5-7H,8H2,1-4H3/t14-/m0/s1. The predicted molar refractivity (Wildman–Crippen MR) is 70.4 cm³/mol. The smallest absolute Gasteiger partial charge is 0.306 e. The Kier molecular flexibility index (Phi) is 3.22. The zero-order valence-electron chi connectivity index (χ0n) is 11.5. The summed E-state index contributed by atoms with van der Waals surface area (Å²) in [7, 11) is 4.59. The third-order valence-corrected chi connectivity index (χ3v) is 3.66. The molecule has 1 aliphatic rings. The lowest BCUT2D eigenvalue weighted by atomic mass is 9.80. The fourth-order valence-electron chi connectivity index (χ4n) is 2.50. The van der Waals surface area contributed by atoms with Gasteiger partial charge in [0.25, 0.3) is 0 Å². The van der Waals surface area contributed by atoms with Crippen molar-refractivity contribution in [1.29, 1.82) is 0 Å². The molecular weight excluding hydrogens is 246 g/mol. The first-order chi connectivity index (χ1) is 8.93. The molecule has 5 heteroatoms. The Morgan fingerprint density at radius 3 is 2.63 bits per heavy atom. The number of benzene rings is 1. The Hall–Kier alpha value is -2.04. The molecule has 0 bridgehead atoms. The summed E-state index contributed by atoms with van der Waals surface area (Å²) in [6.45, 7) is 1.76. The van der Waals surface area contributed by atoms with Gasteiger partial charge >= 0.3 is 5.97 Å². The first-order valence-corrected chi connectivity index (χ1v) is 5.97. The predicted octanol–water partition coefficient (Wildman–Crippen LogP) is 1.49. The number of anilines is 1. The maximum Gasteiger partial charge on any atom is 0.306 e. The summed E-state index contributed by atoms with van der Waals surface area (Å²) in [6, 6.07) is 5.43. The van der Waals surface area contributed by atoms with Gasteiger partial charge in [0.1, 0.15) is 5.75 Å². The van der Waals surface area contributed by atoms with Crippen LogP contribution in [0.5, 0.6) is 5.75 Å². The fourth-order valence-corrected chi connectivity index (χ4v) is 2.50. The first-order valence-electron chi connectivity index (χ1n) is 5.97. The van der Waals surface area contributed by atoms with E-state index in [9.17, 15) is 9.59 Å². The maximum absolute atomic E-state index is 12.4. The van der Waals surface area contributed by atoms with Gasteiger partial charge in [0.2, 0.25) is 5.91 Å². The molecule has 0 unspecified atom stereocenters. The second-order valence-electron chi connectivity index (χ2n) is 4.83. The Morgan fingerprint density at radius 2 is 2.05 bits per heavy atom. The molecule has 0 saturated heterocycles. The van der Waals surface area contributed by atoms with Gasteiger partial charge in [0.15, 0.2) is 0 Å². The highest BCUT2D eigenvalue weighted by molar-refractivity contribution is 6.09. The molecule has 0 spiro atoms. The number of carbonyl (C=O) groups excluding carboxylic acids is 2. The molecule has 5 nitrogen and oxygen atoms in total. The van der Waals surface area contributed by atoms with E-state index >= 15 is 0 Å². The van der Waals surface area contributed by atoms with E-state index in [0.717, 1.165) is 11.3 Å². The fraction of sp³-hybridized carbons (Fsp3) is 0.429. The van der Waals surface area contributed by atoms with Gasteiger partial charge in [-0.05, 0) is 30.7 Å². The minimum Gasteiger partial charge on any atom is -0.497 e. The van der Waals surface area contributed by atoms with Crippen LogP contribution in [0.1, 0.15) is 18.9 Å². The van der Waals surface area contributed by atoms with Gasteiger partial charge in [-0.3, -0.25) is 9.59 Å². The van der Waals surface area contributed by atoms with Gasteiger partial charge in [-0.15, -0.1) is 0 Å². The van der Waals surface area contributed by atoms with Gasteiger partial charge in [0, 0.05) is 12.7 Å². The highest BCUT2D eigenvalue weighted by atomic mass is 16.5. The van der Waals surface area contributed by atoms with Crippen LogP contribution in [0.3, 0.4) is 0 Å². The minimum atomic E-state index is -0.897. The highest BCUT2D eigenvalue weighted by Gasteiger charge is 2.47. The van der Waals surface area contributed by atoms with E-state index in [1.54, 1.807) is 38.1 Å². The number of methoxy groups -OCH3 is 2. The van der Waals surface area contributed by atoms with Crippen LogP contribution >= 0.6 is 0 Å². The summed E-state index contributed by atoms with van der Waals surface area (Å²) in [5, 5.41) is 0. The molecule has 1 amide bonds. The monoisotopic (exact) mass is 263 g/mol. The third-order valence-electron chi connectivity index (χ3n) is 3.66. The summed E-state index contributed by atoms with van der Waals surface area (Å²) < 4.78 is 9.88. The van der Waals surface area contributed by atoms with Crippen LogP contribution in [0.15, 0.2) is 18.2 Å². The van der Waals surface area contributed by atoms with Crippen molar-refractivity contribution in [2.24, 2.45) is 0 Å². The van der Waals surface area contributed by atoms with Crippen molar-refractivity contribution in [3.8, 4) is 5.75 Å². The number of hydrogen-bond acceptors (Lipinski definition) is 4. The van der Waals surface area contributed by atoms with E-state index in [-0.39, 0.29) is 12.3 Å². The second-order valence-corrected chi connectivity index (χ2v) is 4.83. The molecule has 0 radical (unpaired) electrons.